The maximum atomic E-state index is 12.5. The first-order chi connectivity index (χ1) is 9.58. The fourth-order valence-electron chi connectivity index (χ4n) is 1.99. The highest BCUT2D eigenvalue weighted by atomic mass is 16.5. The van der Waals surface area contributed by atoms with Crippen LogP contribution in [-0.2, 0) is 0 Å². The van der Waals surface area contributed by atoms with Crippen LogP contribution in [0.1, 0.15) is 50.4 Å². The van der Waals surface area contributed by atoms with Crippen LogP contribution >= 0.6 is 0 Å². The Bertz CT molecular complexity index is 398. The van der Waals surface area contributed by atoms with E-state index in [0.29, 0.717) is 5.92 Å². The minimum absolute atomic E-state index is 0.127. The zero-order chi connectivity index (χ0) is 15.0. The van der Waals surface area contributed by atoms with E-state index in [1.165, 1.54) is 0 Å². The van der Waals surface area contributed by atoms with E-state index < -0.39 is 0 Å². The Hall–Kier alpha value is -1.51. The second-order valence-corrected chi connectivity index (χ2v) is 5.56. The Labute approximate surface area is 122 Å². The Kier molecular flexibility index (Phi) is 7.13. The first-order valence-electron chi connectivity index (χ1n) is 7.51. The van der Waals surface area contributed by atoms with Crippen molar-refractivity contribution in [2.45, 2.75) is 40.0 Å². The van der Waals surface area contributed by atoms with Crippen molar-refractivity contribution in [3.8, 4) is 5.75 Å². The van der Waals surface area contributed by atoms with E-state index in [2.05, 4.69) is 20.8 Å². The molecule has 1 aromatic carbocycles. The standard InChI is InChI=1S/C17H27NO2/c1-5-6-12-18(13-11-14(2)3)17(19)15-7-9-16(20-4)10-8-15/h7-10,14H,5-6,11-13H2,1-4H3. The molecule has 0 heterocycles. The van der Waals surface area contributed by atoms with Gasteiger partial charge in [-0.15, -0.1) is 0 Å². The number of nitrogens with zero attached hydrogens (tertiary/aromatic N) is 1. The van der Waals surface area contributed by atoms with Gasteiger partial charge in [0.1, 0.15) is 5.75 Å². The van der Waals surface area contributed by atoms with Crippen LogP contribution < -0.4 is 4.74 Å². The van der Waals surface area contributed by atoms with Crippen LogP contribution in [0.15, 0.2) is 24.3 Å². The Balaban J connectivity index is 2.73. The number of methoxy groups -OCH3 is 1. The average molecular weight is 277 g/mol. The van der Waals surface area contributed by atoms with Crippen molar-refractivity contribution in [2.75, 3.05) is 20.2 Å². The summed E-state index contributed by atoms with van der Waals surface area (Å²) in [4.78, 5) is 14.5. The fourth-order valence-corrected chi connectivity index (χ4v) is 1.99. The highest BCUT2D eigenvalue weighted by Crippen LogP contribution is 2.14. The van der Waals surface area contributed by atoms with Gasteiger partial charge in [-0.2, -0.15) is 0 Å². The smallest absolute Gasteiger partial charge is 0.253 e. The highest BCUT2D eigenvalue weighted by molar-refractivity contribution is 5.94. The van der Waals surface area contributed by atoms with E-state index >= 15 is 0 Å². The van der Waals surface area contributed by atoms with Gasteiger partial charge in [-0.1, -0.05) is 27.2 Å². The maximum Gasteiger partial charge on any atom is 0.253 e. The van der Waals surface area contributed by atoms with Crippen molar-refractivity contribution in [2.24, 2.45) is 5.92 Å². The highest BCUT2D eigenvalue weighted by Gasteiger charge is 2.15. The summed E-state index contributed by atoms with van der Waals surface area (Å²) < 4.78 is 5.13. The first-order valence-corrected chi connectivity index (χ1v) is 7.51. The van der Waals surface area contributed by atoms with Crippen LogP contribution in [0.5, 0.6) is 5.75 Å². The summed E-state index contributed by atoms with van der Waals surface area (Å²) in [5.41, 5.74) is 0.741. The summed E-state index contributed by atoms with van der Waals surface area (Å²) in [6.45, 7) is 8.21. The number of ether oxygens (including phenoxy) is 1. The van der Waals surface area contributed by atoms with Gasteiger partial charge in [0.15, 0.2) is 0 Å². The zero-order valence-electron chi connectivity index (χ0n) is 13.2. The van der Waals surface area contributed by atoms with Gasteiger partial charge >= 0.3 is 0 Å². The van der Waals surface area contributed by atoms with Gasteiger partial charge in [-0.05, 0) is 43.0 Å². The molecular weight excluding hydrogens is 250 g/mol. The normalized spacial score (nSPS) is 10.7. The van der Waals surface area contributed by atoms with Gasteiger partial charge in [-0.3, -0.25) is 4.79 Å². The Morgan fingerprint density at radius 2 is 1.85 bits per heavy atom. The molecule has 0 radical (unpaired) electrons. The lowest BCUT2D eigenvalue weighted by atomic mass is 10.1. The topological polar surface area (TPSA) is 29.5 Å². The molecule has 0 atom stereocenters. The second-order valence-electron chi connectivity index (χ2n) is 5.56. The monoisotopic (exact) mass is 277 g/mol. The van der Waals surface area contributed by atoms with Crippen molar-refractivity contribution < 1.29 is 9.53 Å². The molecule has 20 heavy (non-hydrogen) atoms. The van der Waals surface area contributed by atoms with Crippen molar-refractivity contribution in [1.29, 1.82) is 0 Å². The lowest BCUT2D eigenvalue weighted by Crippen LogP contribution is -2.33. The molecule has 0 aliphatic heterocycles. The van der Waals surface area contributed by atoms with Crippen LogP contribution in [-0.4, -0.2) is 31.0 Å². The molecule has 0 aromatic heterocycles. The van der Waals surface area contributed by atoms with Crippen LogP contribution in [0.4, 0.5) is 0 Å². The van der Waals surface area contributed by atoms with E-state index in [1.807, 2.05) is 29.2 Å². The van der Waals surface area contributed by atoms with Gasteiger partial charge in [0.05, 0.1) is 7.11 Å². The van der Waals surface area contributed by atoms with Gasteiger partial charge in [0.25, 0.3) is 5.91 Å². The molecule has 0 spiro atoms. The summed E-state index contributed by atoms with van der Waals surface area (Å²) in [6.07, 6.45) is 3.21. The molecule has 1 aromatic rings. The first kappa shape index (κ1) is 16.5. The van der Waals surface area contributed by atoms with Crippen molar-refractivity contribution in [1.82, 2.24) is 4.90 Å². The summed E-state index contributed by atoms with van der Waals surface area (Å²) in [6, 6.07) is 7.37. The van der Waals surface area contributed by atoms with Crippen LogP contribution in [0.3, 0.4) is 0 Å². The third kappa shape index (κ3) is 5.24. The molecule has 0 fully saturated rings. The Morgan fingerprint density at radius 3 is 2.35 bits per heavy atom. The van der Waals surface area contributed by atoms with Crippen LogP contribution in [0.2, 0.25) is 0 Å². The quantitative estimate of drug-likeness (QED) is 0.719. The van der Waals surface area contributed by atoms with Gasteiger partial charge in [0.2, 0.25) is 0 Å². The molecule has 0 bridgehead atoms. The van der Waals surface area contributed by atoms with Crippen molar-refractivity contribution >= 4 is 5.91 Å². The van der Waals surface area contributed by atoms with Crippen molar-refractivity contribution in [3.05, 3.63) is 29.8 Å². The van der Waals surface area contributed by atoms with E-state index in [-0.39, 0.29) is 5.91 Å². The number of unbranched alkanes of at least 4 members (excludes halogenated alkanes) is 1. The van der Waals surface area contributed by atoms with E-state index in [1.54, 1.807) is 7.11 Å². The number of benzene rings is 1. The summed E-state index contributed by atoms with van der Waals surface area (Å²) in [5.74, 6) is 1.52. The summed E-state index contributed by atoms with van der Waals surface area (Å²) in [5, 5.41) is 0. The molecule has 0 saturated carbocycles. The SMILES string of the molecule is CCCCN(CCC(C)C)C(=O)c1ccc(OC)cc1. The molecule has 3 heteroatoms. The molecule has 3 nitrogen and oxygen atoms in total. The zero-order valence-corrected chi connectivity index (χ0v) is 13.2. The van der Waals surface area contributed by atoms with E-state index in [9.17, 15) is 4.79 Å². The van der Waals surface area contributed by atoms with Crippen molar-refractivity contribution in [3.63, 3.8) is 0 Å². The number of hydrogen-bond acceptors (Lipinski definition) is 2. The molecule has 0 N–H and O–H groups in total. The van der Waals surface area contributed by atoms with Crippen LogP contribution in [0.25, 0.3) is 0 Å². The van der Waals surface area contributed by atoms with E-state index in [4.69, 9.17) is 4.74 Å². The third-order valence-corrected chi connectivity index (χ3v) is 3.38. The molecule has 0 aliphatic carbocycles. The summed E-state index contributed by atoms with van der Waals surface area (Å²) in [7, 11) is 1.63. The minimum atomic E-state index is 0.127. The molecular formula is C17H27NO2. The second kappa shape index (κ2) is 8.62. The predicted octanol–water partition coefficient (Wildman–Crippen LogP) is 3.98. The predicted molar refractivity (Wildman–Crippen MR) is 83.3 cm³/mol. The number of rotatable bonds is 8. The molecule has 0 unspecified atom stereocenters. The number of amides is 1. The Morgan fingerprint density at radius 1 is 1.20 bits per heavy atom. The van der Waals surface area contributed by atoms with Crippen LogP contribution in [0, 0.1) is 5.92 Å². The van der Waals surface area contributed by atoms with E-state index in [0.717, 1.165) is 43.7 Å². The third-order valence-electron chi connectivity index (χ3n) is 3.38. The maximum absolute atomic E-state index is 12.5. The minimum Gasteiger partial charge on any atom is -0.497 e. The number of hydrogen-bond donors (Lipinski definition) is 0. The molecule has 1 amide bonds. The lowest BCUT2D eigenvalue weighted by molar-refractivity contribution is 0.0746. The van der Waals surface area contributed by atoms with Gasteiger partial charge < -0.3 is 9.64 Å². The van der Waals surface area contributed by atoms with Gasteiger partial charge in [0, 0.05) is 18.7 Å². The summed E-state index contributed by atoms with van der Waals surface area (Å²) >= 11 is 0. The largest absolute Gasteiger partial charge is 0.497 e. The molecule has 1 rings (SSSR count). The average Bonchev–Trinajstić information content (AvgIpc) is 2.46. The lowest BCUT2D eigenvalue weighted by Gasteiger charge is -2.23. The molecule has 0 aliphatic rings. The number of carbonyl (C=O) groups is 1. The molecule has 112 valence electrons. The van der Waals surface area contributed by atoms with Gasteiger partial charge in [-0.25, -0.2) is 0 Å². The molecule has 0 saturated heterocycles. The number of carbonyl (C=O) groups excluding carboxylic acids is 1. The fraction of sp³-hybridized carbons (Fsp3) is 0.588.